The van der Waals surface area contributed by atoms with Crippen molar-refractivity contribution in [2.45, 2.75) is 51.7 Å². The van der Waals surface area contributed by atoms with E-state index in [1.54, 1.807) is 27.7 Å². The van der Waals surface area contributed by atoms with Crippen LogP contribution in [0.3, 0.4) is 0 Å². The SMILES string of the molecule is CC(C)(O)CCOCCC(C)(C)O. The van der Waals surface area contributed by atoms with E-state index in [1.165, 1.54) is 0 Å². The Bertz CT molecular complexity index is 114. The molecule has 0 aliphatic carbocycles. The minimum Gasteiger partial charge on any atom is -0.390 e. The average Bonchev–Trinajstić information content (AvgIpc) is 1.81. The van der Waals surface area contributed by atoms with E-state index in [0.29, 0.717) is 26.1 Å². The third-order valence-corrected chi connectivity index (χ3v) is 1.72. The zero-order valence-corrected chi connectivity index (χ0v) is 9.13. The van der Waals surface area contributed by atoms with E-state index in [0.717, 1.165) is 0 Å². The molecule has 13 heavy (non-hydrogen) atoms. The Hall–Kier alpha value is -0.120. The van der Waals surface area contributed by atoms with E-state index < -0.39 is 11.2 Å². The largest absolute Gasteiger partial charge is 0.390 e. The topological polar surface area (TPSA) is 49.7 Å². The molecule has 0 aromatic carbocycles. The van der Waals surface area contributed by atoms with Gasteiger partial charge in [-0.05, 0) is 40.5 Å². The van der Waals surface area contributed by atoms with E-state index in [1.807, 2.05) is 0 Å². The summed E-state index contributed by atoms with van der Waals surface area (Å²) < 4.78 is 5.27. The molecule has 0 spiro atoms. The number of rotatable bonds is 6. The Morgan fingerprint density at radius 2 is 1.15 bits per heavy atom. The standard InChI is InChI=1S/C10H22O3/c1-9(2,11)5-7-13-8-6-10(3,4)12/h11-12H,5-8H2,1-4H3. The van der Waals surface area contributed by atoms with Gasteiger partial charge in [-0.15, -0.1) is 0 Å². The lowest BCUT2D eigenvalue weighted by Crippen LogP contribution is -2.23. The summed E-state index contributed by atoms with van der Waals surface area (Å²) in [7, 11) is 0. The summed E-state index contributed by atoms with van der Waals surface area (Å²) >= 11 is 0. The molecule has 0 bridgehead atoms. The van der Waals surface area contributed by atoms with Gasteiger partial charge in [0.05, 0.1) is 11.2 Å². The van der Waals surface area contributed by atoms with E-state index in [2.05, 4.69) is 0 Å². The Labute approximate surface area is 80.7 Å². The molecule has 0 aliphatic rings. The van der Waals surface area contributed by atoms with Gasteiger partial charge in [-0.3, -0.25) is 0 Å². The summed E-state index contributed by atoms with van der Waals surface area (Å²) in [6, 6.07) is 0. The molecule has 0 unspecified atom stereocenters. The lowest BCUT2D eigenvalue weighted by atomic mass is 10.1. The molecule has 3 heteroatoms. The molecule has 0 heterocycles. The summed E-state index contributed by atoms with van der Waals surface area (Å²) in [4.78, 5) is 0. The molecule has 0 fully saturated rings. The van der Waals surface area contributed by atoms with E-state index >= 15 is 0 Å². The third-order valence-electron chi connectivity index (χ3n) is 1.72. The van der Waals surface area contributed by atoms with Crippen molar-refractivity contribution in [2.75, 3.05) is 13.2 Å². The zero-order valence-electron chi connectivity index (χ0n) is 9.13. The molecular formula is C10H22O3. The van der Waals surface area contributed by atoms with Crippen molar-refractivity contribution in [3.05, 3.63) is 0 Å². The molecule has 0 aliphatic heterocycles. The molecule has 2 N–H and O–H groups in total. The molecule has 0 amide bonds. The van der Waals surface area contributed by atoms with Gasteiger partial charge in [0, 0.05) is 13.2 Å². The maximum atomic E-state index is 9.35. The number of aliphatic hydroxyl groups is 2. The molecule has 0 radical (unpaired) electrons. The van der Waals surface area contributed by atoms with Crippen LogP contribution in [0.15, 0.2) is 0 Å². The molecule has 0 rings (SSSR count). The van der Waals surface area contributed by atoms with E-state index in [-0.39, 0.29) is 0 Å². The van der Waals surface area contributed by atoms with Crippen LogP contribution < -0.4 is 0 Å². The predicted octanol–water partition coefficient (Wildman–Crippen LogP) is 1.32. The molecule has 0 aromatic heterocycles. The fourth-order valence-corrected chi connectivity index (χ4v) is 0.746. The van der Waals surface area contributed by atoms with Gasteiger partial charge in [0.2, 0.25) is 0 Å². The van der Waals surface area contributed by atoms with Gasteiger partial charge in [0.1, 0.15) is 0 Å². The van der Waals surface area contributed by atoms with Crippen molar-refractivity contribution in [1.82, 2.24) is 0 Å². The normalized spacial score (nSPS) is 13.4. The van der Waals surface area contributed by atoms with Crippen LogP contribution in [0.2, 0.25) is 0 Å². The van der Waals surface area contributed by atoms with Crippen LogP contribution >= 0.6 is 0 Å². The highest BCUT2D eigenvalue weighted by Gasteiger charge is 2.13. The van der Waals surface area contributed by atoms with Gasteiger partial charge in [-0.25, -0.2) is 0 Å². The second kappa shape index (κ2) is 4.94. The molecule has 0 saturated carbocycles. The van der Waals surface area contributed by atoms with Crippen LogP contribution in [0.4, 0.5) is 0 Å². The van der Waals surface area contributed by atoms with Crippen molar-refractivity contribution < 1.29 is 14.9 Å². The fourth-order valence-electron chi connectivity index (χ4n) is 0.746. The van der Waals surface area contributed by atoms with Crippen molar-refractivity contribution in [3.8, 4) is 0 Å². The van der Waals surface area contributed by atoms with E-state index in [4.69, 9.17) is 4.74 Å². The third kappa shape index (κ3) is 11.9. The minimum atomic E-state index is -0.658. The number of hydrogen-bond donors (Lipinski definition) is 2. The van der Waals surface area contributed by atoms with Crippen LogP contribution in [-0.4, -0.2) is 34.6 Å². The Balaban J connectivity index is 3.28. The summed E-state index contributed by atoms with van der Waals surface area (Å²) in [5.41, 5.74) is -1.32. The van der Waals surface area contributed by atoms with Gasteiger partial charge < -0.3 is 14.9 Å². The van der Waals surface area contributed by atoms with Crippen molar-refractivity contribution in [3.63, 3.8) is 0 Å². The van der Waals surface area contributed by atoms with Crippen LogP contribution in [0.5, 0.6) is 0 Å². The first-order valence-corrected chi connectivity index (χ1v) is 4.73. The Morgan fingerprint density at radius 3 is 1.38 bits per heavy atom. The molecule has 3 nitrogen and oxygen atoms in total. The number of hydrogen-bond acceptors (Lipinski definition) is 3. The average molecular weight is 190 g/mol. The van der Waals surface area contributed by atoms with Crippen LogP contribution in [0.1, 0.15) is 40.5 Å². The van der Waals surface area contributed by atoms with Gasteiger partial charge in [-0.1, -0.05) is 0 Å². The highest BCUT2D eigenvalue weighted by Crippen LogP contribution is 2.09. The lowest BCUT2D eigenvalue weighted by Gasteiger charge is -2.19. The molecule has 0 atom stereocenters. The summed E-state index contributed by atoms with van der Waals surface area (Å²) in [6.07, 6.45) is 1.25. The molecular weight excluding hydrogens is 168 g/mol. The molecule has 0 saturated heterocycles. The smallest absolute Gasteiger partial charge is 0.0613 e. The zero-order chi connectivity index (χ0) is 10.5. The van der Waals surface area contributed by atoms with Crippen LogP contribution in [0.25, 0.3) is 0 Å². The van der Waals surface area contributed by atoms with Gasteiger partial charge in [0.15, 0.2) is 0 Å². The highest BCUT2D eigenvalue weighted by molar-refractivity contribution is 4.65. The second-order valence-corrected chi connectivity index (χ2v) is 4.74. The minimum absolute atomic E-state index is 0.541. The van der Waals surface area contributed by atoms with Crippen molar-refractivity contribution in [2.24, 2.45) is 0 Å². The molecule has 80 valence electrons. The number of ether oxygens (including phenoxy) is 1. The Morgan fingerprint density at radius 1 is 0.846 bits per heavy atom. The van der Waals surface area contributed by atoms with Crippen LogP contribution in [0, 0.1) is 0 Å². The summed E-state index contributed by atoms with van der Waals surface area (Å²) in [5, 5.41) is 18.7. The van der Waals surface area contributed by atoms with Gasteiger partial charge in [0.25, 0.3) is 0 Å². The van der Waals surface area contributed by atoms with Crippen molar-refractivity contribution >= 4 is 0 Å². The Kier molecular flexibility index (Phi) is 4.89. The maximum absolute atomic E-state index is 9.35. The van der Waals surface area contributed by atoms with Gasteiger partial charge >= 0.3 is 0 Å². The summed E-state index contributed by atoms with van der Waals surface area (Å²) in [5.74, 6) is 0. The summed E-state index contributed by atoms with van der Waals surface area (Å²) in [6.45, 7) is 8.11. The fraction of sp³-hybridized carbons (Fsp3) is 1.00. The first-order chi connectivity index (χ1) is 5.71. The quantitative estimate of drug-likeness (QED) is 0.621. The van der Waals surface area contributed by atoms with Crippen LogP contribution in [-0.2, 0) is 4.74 Å². The first-order valence-electron chi connectivity index (χ1n) is 4.73. The first kappa shape index (κ1) is 12.9. The lowest BCUT2D eigenvalue weighted by molar-refractivity contribution is 0.00304. The monoisotopic (exact) mass is 190 g/mol. The molecule has 0 aromatic rings. The van der Waals surface area contributed by atoms with Gasteiger partial charge in [-0.2, -0.15) is 0 Å². The van der Waals surface area contributed by atoms with Crippen molar-refractivity contribution in [1.29, 1.82) is 0 Å². The predicted molar refractivity (Wildman–Crippen MR) is 52.6 cm³/mol. The second-order valence-electron chi connectivity index (χ2n) is 4.74. The maximum Gasteiger partial charge on any atom is 0.0613 e. The van der Waals surface area contributed by atoms with E-state index in [9.17, 15) is 10.2 Å². The highest BCUT2D eigenvalue weighted by atomic mass is 16.5.